The van der Waals surface area contributed by atoms with Crippen LogP contribution in [-0.4, -0.2) is 30.1 Å². The predicted molar refractivity (Wildman–Crippen MR) is 69.3 cm³/mol. The smallest absolute Gasteiger partial charge is 0.0107 e. The molecule has 0 aromatic rings. The molecule has 1 saturated heterocycles. The zero-order chi connectivity index (χ0) is 11.7. The molecule has 0 amide bonds. The number of piperidine rings is 1. The first-order valence-electron chi connectivity index (χ1n) is 7.09. The van der Waals surface area contributed by atoms with E-state index < -0.39 is 0 Å². The largest absolute Gasteiger partial charge is 0.327 e. The minimum absolute atomic E-state index is 0.423. The highest BCUT2D eigenvalue weighted by Crippen LogP contribution is 2.33. The van der Waals surface area contributed by atoms with Crippen LogP contribution in [0.15, 0.2) is 0 Å². The van der Waals surface area contributed by atoms with Gasteiger partial charge in [0.05, 0.1) is 0 Å². The Kier molecular flexibility index (Phi) is 3.91. The van der Waals surface area contributed by atoms with E-state index in [0.29, 0.717) is 18.0 Å². The first-order chi connectivity index (χ1) is 7.59. The minimum atomic E-state index is 0.423. The van der Waals surface area contributed by atoms with E-state index in [2.05, 4.69) is 25.7 Å². The molecular formula is C14H28N2. The van der Waals surface area contributed by atoms with Gasteiger partial charge in [0.2, 0.25) is 0 Å². The highest BCUT2D eigenvalue weighted by atomic mass is 15.2. The van der Waals surface area contributed by atoms with Gasteiger partial charge in [0.25, 0.3) is 0 Å². The Labute approximate surface area is 101 Å². The third-order valence-electron chi connectivity index (χ3n) is 5.27. The van der Waals surface area contributed by atoms with Crippen molar-refractivity contribution in [3.8, 4) is 0 Å². The van der Waals surface area contributed by atoms with Gasteiger partial charge in [-0.05, 0) is 44.1 Å². The maximum absolute atomic E-state index is 6.14. The molecule has 2 heteroatoms. The summed E-state index contributed by atoms with van der Waals surface area (Å²) >= 11 is 0. The van der Waals surface area contributed by atoms with Crippen molar-refractivity contribution in [2.24, 2.45) is 23.5 Å². The van der Waals surface area contributed by atoms with Gasteiger partial charge in [0, 0.05) is 18.6 Å². The first-order valence-corrected chi connectivity index (χ1v) is 7.09. The molecular weight excluding hydrogens is 196 g/mol. The van der Waals surface area contributed by atoms with Crippen LogP contribution in [0.2, 0.25) is 0 Å². The standard InChI is InChI=1S/C14H28N2/c1-10-5-4-6-13(10)9-16-8-7-14(15)11(2)12(16)3/h10-14H,4-9,15H2,1-3H3. The quantitative estimate of drug-likeness (QED) is 0.781. The fourth-order valence-corrected chi connectivity index (χ4v) is 3.52. The van der Waals surface area contributed by atoms with Gasteiger partial charge in [-0.25, -0.2) is 0 Å². The van der Waals surface area contributed by atoms with Crippen LogP contribution in [0.5, 0.6) is 0 Å². The van der Waals surface area contributed by atoms with Crippen molar-refractivity contribution in [1.29, 1.82) is 0 Å². The van der Waals surface area contributed by atoms with Crippen molar-refractivity contribution in [2.45, 2.75) is 58.5 Å². The number of nitrogens with zero attached hydrogens (tertiary/aromatic N) is 1. The van der Waals surface area contributed by atoms with Crippen molar-refractivity contribution < 1.29 is 0 Å². The van der Waals surface area contributed by atoms with Crippen LogP contribution in [0.3, 0.4) is 0 Å². The lowest BCUT2D eigenvalue weighted by atomic mass is 9.86. The summed E-state index contributed by atoms with van der Waals surface area (Å²) in [6.07, 6.45) is 5.53. The molecule has 1 saturated carbocycles. The van der Waals surface area contributed by atoms with Gasteiger partial charge < -0.3 is 5.73 Å². The summed E-state index contributed by atoms with van der Waals surface area (Å²) in [6, 6.07) is 1.10. The van der Waals surface area contributed by atoms with Crippen LogP contribution in [-0.2, 0) is 0 Å². The molecule has 5 unspecified atom stereocenters. The fraction of sp³-hybridized carbons (Fsp3) is 1.00. The highest BCUT2D eigenvalue weighted by molar-refractivity contribution is 4.88. The maximum Gasteiger partial charge on any atom is 0.0107 e. The van der Waals surface area contributed by atoms with Gasteiger partial charge in [-0.1, -0.05) is 26.7 Å². The van der Waals surface area contributed by atoms with Crippen molar-refractivity contribution in [3.63, 3.8) is 0 Å². The third kappa shape index (κ3) is 2.43. The Hall–Kier alpha value is -0.0800. The normalized spacial score (nSPS) is 46.1. The summed E-state index contributed by atoms with van der Waals surface area (Å²) in [6.45, 7) is 9.65. The molecule has 16 heavy (non-hydrogen) atoms. The molecule has 0 bridgehead atoms. The van der Waals surface area contributed by atoms with E-state index in [-0.39, 0.29) is 0 Å². The molecule has 1 aliphatic carbocycles. The van der Waals surface area contributed by atoms with Crippen molar-refractivity contribution in [3.05, 3.63) is 0 Å². The molecule has 1 aliphatic heterocycles. The van der Waals surface area contributed by atoms with E-state index >= 15 is 0 Å². The van der Waals surface area contributed by atoms with Crippen LogP contribution in [0.25, 0.3) is 0 Å². The molecule has 0 radical (unpaired) electrons. The van der Waals surface area contributed by atoms with Gasteiger partial charge in [0.15, 0.2) is 0 Å². The summed E-state index contributed by atoms with van der Waals surface area (Å²) in [4.78, 5) is 2.69. The highest BCUT2D eigenvalue weighted by Gasteiger charge is 2.33. The Morgan fingerprint density at radius 1 is 1.12 bits per heavy atom. The number of hydrogen-bond acceptors (Lipinski definition) is 2. The monoisotopic (exact) mass is 224 g/mol. The third-order valence-corrected chi connectivity index (χ3v) is 5.27. The lowest BCUT2D eigenvalue weighted by molar-refractivity contribution is 0.0759. The van der Waals surface area contributed by atoms with Gasteiger partial charge in [-0.2, -0.15) is 0 Å². The van der Waals surface area contributed by atoms with Gasteiger partial charge in [-0.3, -0.25) is 4.90 Å². The molecule has 1 heterocycles. The average Bonchev–Trinajstić information content (AvgIpc) is 2.65. The van der Waals surface area contributed by atoms with E-state index in [1.807, 2.05) is 0 Å². The minimum Gasteiger partial charge on any atom is -0.327 e. The van der Waals surface area contributed by atoms with E-state index in [1.165, 1.54) is 38.8 Å². The number of nitrogens with two attached hydrogens (primary N) is 1. The van der Waals surface area contributed by atoms with E-state index in [1.54, 1.807) is 0 Å². The SMILES string of the molecule is CC1CCCC1CN1CCC(N)C(C)C1C. The average molecular weight is 224 g/mol. The van der Waals surface area contributed by atoms with E-state index in [4.69, 9.17) is 5.73 Å². The molecule has 0 spiro atoms. The number of hydrogen-bond donors (Lipinski definition) is 1. The van der Waals surface area contributed by atoms with Gasteiger partial charge in [0.1, 0.15) is 0 Å². The number of rotatable bonds is 2. The number of likely N-dealkylation sites (tertiary alicyclic amines) is 1. The Balaban J connectivity index is 1.89. The van der Waals surface area contributed by atoms with Crippen molar-refractivity contribution >= 4 is 0 Å². The van der Waals surface area contributed by atoms with E-state index in [9.17, 15) is 0 Å². The van der Waals surface area contributed by atoms with Crippen molar-refractivity contribution in [2.75, 3.05) is 13.1 Å². The zero-order valence-corrected chi connectivity index (χ0v) is 11.2. The molecule has 5 atom stereocenters. The molecule has 0 aromatic carbocycles. The first kappa shape index (κ1) is 12.4. The summed E-state index contributed by atoms with van der Waals surface area (Å²) in [7, 11) is 0. The zero-order valence-electron chi connectivity index (χ0n) is 11.2. The van der Waals surface area contributed by atoms with E-state index in [0.717, 1.165) is 11.8 Å². The Bertz CT molecular complexity index is 229. The van der Waals surface area contributed by atoms with Crippen LogP contribution >= 0.6 is 0 Å². The molecule has 2 nitrogen and oxygen atoms in total. The summed E-state index contributed by atoms with van der Waals surface area (Å²) in [5.74, 6) is 2.55. The van der Waals surface area contributed by atoms with Crippen molar-refractivity contribution in [1.82, 2.24) is 4.90 Å². The topological polar surface area (TPSA) is 29.3 Å². The maximum atomic E-state index is 6.14. The molecule has 2 fully saturated rings. The molecule has 94 valence electrons. The lowest BCUT2D eigenvalue weighted by Crippen LogP contribution is -2.52. The molecule has 2 rings (SSSR count). The Morgan fingerprint density at radius 2 is 1.88 bits per heavy atom. The second-order valence-electron chi connectivity index (χ2n) is 6.22. The molecule has 2 N–H and O–H groups in total. The second kappa shape index (κ2) is 5.05. The predicted octanol–water partition coefficient (Wildman–Crippen LogP) is 2.48. The van der Waals surface area contributed by atoms with Crippen LogP contribution < -0.4 is 5.73 Å². The molecule has 2 aliphatic rings. The summed E-state index contributed by atoms with van der Waals surface area (Å²) in [5.41, 5.74) is 6.14. The lowest BCUT2D eigenvalue weighted by Gasteiger charge is -2.43. The van der Waals surface area contributed by atoms with Gasteiger partial charge >= 0.3 is 0 Å². The van der Waals surface area contributed by atoms with Gasteiger partial charge in [-0.15, -0.1) is 0 Å². The van der Waals surface area contributed by atoms with Crippen LogP contribution in [0, 0.1) is 17.8 Å². The fourth-order valence-electron chi connectivity index (χ4n) is 3.52. The summed E-state index contributed by atoms with van der Waals surface area (Å²) < 4.78 is 0. The van der Waals surface area contributed by atoms with Crippen LogP contribution in [0.4, 0.5) is 0 Å². The summed E-state index contributed by atoms with van der Waals surface area (Å²) in [5, 5.41) is 0. The second-order valence-corrected chi connectivity index (χ2v) is 6.22. The van der Waals surface area contributed by atoms with Crippen LogP contribution in [0.1, 0.15) is 46.5 Å². The Morgan fingerprint density at radius 3 is 2.50 bits per heavy atom. The molecule has 0 aromatic heterocycles.